The Morgan fingerprint density at radius 2 is 2.50 bits per heavy atom. The van der Waals surface area contributed by atoms with Gasteiger partial charge in [-0.15, -0.1) is 11.8 Å². The van der Waals surface area contributed by atoms with Gasteiger partial charge in [-0.25, -0.2) is 0 Å². The molecule has 1 rings (SSSR count). The quantitative estimate of drug-likeness (QED) is 0.767. The zero-order valence-corrected chi connectivity index (χ0v) is 8.79. The van der Waals surface area contributed by atoms with Crippen LogP contribution in [0.5, 0.6) is 0 Å². The highest BCUT2D eigenvalue weighted by Crippen LogP contribution is 2.26. The Hall–Kier alpha value is -1.05. The summed E-state index contributed by atoms with van der Waals surface area (Å²) in [5, 5.41) is 17.9. The number of nitrogens with zero attached hydrogens (tertiary/aromatic N) is 2. The van der Waals surface area contributed by atoms with Crippen LogP contribution in [-0.2, 0) is 0 Å². The lowest BCUT2D eigenvalue weighted by Crippen LogP contribution is -1.99. The molecule has 14 heavy (non-hydrogen) atoms. The van der Waals surface area contributed by atoms with Gasteiger partial charge in [-0.05, 0) is 12.5 Å². The molecule has 0 amide bonds. The highest BCUT2D eigenvalue weighted by molar-refractivity contribution is 8.00. The first-order valence-corrected chi connectivity index (χ1v) is 5.27. The Morgan fingerprint density at radius 3 is 3.14 bits per heavy atom. The minimum absolute atomic E-state index is 0.177. The van der Waals surface area contributed by atoms with Crippen LogP contribution in [0.15, 0.2) is 23.4 Å². The van der Waals surface area contributed by atoms with Crippen molar-refractivity contribution in [3.05, 3.63) is 24.0 Å². The molecule has 0 saturated carbocycles. The first-order valence-electron chi connectivity index (χ1n) is 4.39. The number of aliphatic hydroxyl groups excluding tert-OH is 1. The number of aliphatic hydroxyl groups is 1. The van der Waals surface area contributed by atoms with E-state index in [0.29, 0.717) is 10.8 Å². The maximum absolute atomic E-state index is 8.82. The van der Waals surface area contributed by atoms with Crippen LogP contribution in [0.25, 0.3) is 0 Å². The number of thioether (sulfide) groups is 1. The van der Waals surface area contributed by atoms with E-state index in [-0.39, 0.29) is 6.61 Å². The summed E-state index contributed by atoms with van der Waals surface area (Å²) in [6.45, 7) is 2.20. The van der Waals surface area contributed by atoms with Gasteiger partial charge < -0.3 is 5.11 Å². The van der Waals surface area contributed by atoms with Crippen LogP contribution in [-0.4, -0.2) is 21.9 Å². The Morgan fingerprint density at radius 1 is 1.71 bits per heavy atom. The number of rotatable bonds is 4. The maximum Gasteiger partial charge on any atom is 0.100 e. The largest absolute Gasteiger partial charge is 0.396 e. The van der Waals surface area contributed by atoms with Crippen LogP contribution in [0, 0.1) is 11.3 Å². The third kappa shape index (κ3) is 3.02. The van der Waals surface area contributed by atoms with Crippen molar-refractivity contribution in [2.45, 2.75) is 23.5 Å². The van der Waals surface area contributed by atoms with Gasteiger partial charge in [0.1, 0.15) is 6.07 Å². The van der Waals surface area contributed by atoms with Gasteiger partial charge >= 0.3 is 0 Å². The zero-order valence-electron chi connectivity index (χ0n) is 7.97. The maximum atomic E-state index is 8.82. The SMILES string of the molecule is CC(CCO)Sc1cnccc1C#N. The van der Waals surface area contributed by atoms with Crippen LogP contribution >= 0.6 is 11.8 Å². The molecular weight excluding hydrogens is 196 g/mol. The van der Waals surface area contributed by atoms with Crippen molar-refractivity contribution in [2.75, 3.05) is 6.61 Å². The normalized spacial score (nSPS) is 12.1. The Labute approximate surface area is 87.8 Å². The summed E-state index contributed by atoms with van der Waals surface area (Å²) in [7, 11) is 0. The van der Waals surface area contributed by atoms with Crippen molar-refractivity contribution in [1.29, 1.82) is 5.26 Å². The molecular formula is C10H12N2OS. The average Bonchev–Trinajstić information content (AvgIpc) is 2.19. The Kier molecular flexibility index (Phi) is 4.44. The van der Waals surface area contributed by atoms with Crippen LogP contribution in [0.4, 0.5) is 0 Å². The summed E-state index contributed by atoms with van der Waals surface area (Å²) >= 11 is 1.57. The first kappa shape index (κ1) is 11.0. The van der Waals surface area contributed by atoms with E-state index in [1.54, 1.807) is 30.2 Å². The average molecular weight is 208 g/mol. The smallest absolute Gasteiger partial charge is 0.100 e. The van der Waals surface area contributed by atoms with E-state index in [4.69, 9.17) is 10.4 Å². The molecule has 3 nitrogen and oxygen atoms in total. The summed E-state index contributed by atoms with van der Waals surface area (Å²) in [6.07, 6.45) is 4.03. The molecule has 0 spiro atoms. The second-order valence-electron chi connectivity index (χ2n) is 2.92. The van der Waals surface area contributed by atoms with Gasteiger partial charge in [0.2, 0.25) is 0 Å². The molecule has 0 aliphatic carbocycles. The molecule has 0 fully saturated rings. The lowest BCUT2D eigenvalue weighted by Gasteiger charge is -2.09. The van der Waals surface area contributed by atoms with Gasteiger partial charge in [-0.1, -0.05) is 6.92 Å². The second kappa shape index (κ2) is 5.63. The van der Waals surface area contributed by atoms with E-state index >= 15 is 0 Å². The van der Waals surface area contributed by atoms with Crippen LogP contribution in [0.3, 0.4) is 0 Å². The molecule has 0 saturated heterocycles. The van der Waals surface area contributed by atoms with Crippen LogP contribution in [0.2, 0.25) is 0 Å². The van der Waals surface area contributed by atoms with E-state index in [9.17, 15) is 0 Å². The third-order valence-electron chi connectivity index (χ3n) is 1.77. The van der Waals surface area contributed by atoms with Gasteiger partial charge in [0.15, 0.2) is 0 Å². The summed E-state index contributed by atoms with van der Waals surface area (Å²) in [6, 6.07) is 3.82. The van der Waals surface area contributed by atoms with E-state index in [1.807, 2.05) is 6.92 Å². The zero-order chi connectivity index (χ0) is 10.4. The fourth-order valence-corrected chi connectivity index (χ4v) is 2.04. The molecule has 0 bridgehead atoms. The van der Waals surface area contributed by atoms with Crippen molar-refractivity contribution in [3.63, 3.8) is 0 Å². The fraction of sp³-hybridized carbons (Fsp3) is 0.400. The fourth-order valence-electron chi connectivity index (χ4n) is 1.02. The molecule has 1 N–H and O–H groups in total. The highest BCUT2D eigenvalue weighted by atomic mass is 32.2. The second-order valence-corrected chi connectivity index (χ2v) is 4.40. The minimum atomic E-state index is 0.177. The first-order chi connectivity index (χ1) is 6.77. The topological polar surface area (TPSA) is 56.9 Å². The Bertz CT molecular complexity index is 335. The molecule has 1 aromatic rings. The molecule has 1 aromatic heterocycles. The van der Waals surface area contributed by atoms with Crippen molar-refractivity contribution in [1.82, 2.24) is 4.98 Å². The van der Waals surface area contributed by atoms with Gasteiger partial charge in [0, 0.05) is 29.1 Å². The van der Waals surface area contributed by atoms with Gasteiger partial charge in [0.05, 0.1) is 5.56 Å². The predicted octanol–water partition coefficient (Wildman–Crippen LogP) is 1.82. The van der Waals surface area contributed by atoms with Crippen molar-refractivity contribution >= 4 is 11.8 Å². The molecule has 1 unspecified atom stereocenters. The van der Waals surface area contributed by atoms with E-state index in [0.717, 1.165) is 11.3 Å². The lowest BCUT2D eigenvalue weighted by molar-refractivity contribution is 0.289. The summed E-state index contributed by atoms with van der Waals surface area (Å²) in [5.74, 6) is 0. The van der Waals surface area contributed by atoms with E-state index in [1.165, 1.54) is 0 Å². The lowest BCUT2D eigenvalue weighted by atomic mass is 10.3. The van der Waals surface area contributed by atoms with Crippen molar-refractivity contribution < 1.29 is 5.11 Å². The number of hydrogen-bond donors (Lipinski definition) is 1. The molecule has 74 valence electrons. The molecule has 0 aliphatic heterocycles. The minimum Gasteiger partial charge on any atom is -0.396 e. The van der Waals surface area contributed by atoms with Crippen molar-refractivity contribution in [3.8, 4) is 6.07 Å². The summed E-state index contributed by atoms with van der Waals surface area (Å²) in [5.41, 5.74) is 0.648. The van der Waals surface area contributed by atoms with Crippen LogP contribution < -0.4 is 0 Å². The molecule has 4 heteroatoms. The van der Waals surface area contributed by atoms with Crippen molar-refractivity contribution in [2.24, 2.45) is 0 Å². The van der Waals surface area contributed by atoms with E-state index < -0.39 is 0 Å². The number of pyridine rings is 1. The number of nitriles is 1. The highest BCUT2D eigenvalue weighted by Gasteiger charge is 2.07. The number of aromatic nitrogens is 1. The monoisotopic (exact) mass is 208 g/mol. The standard InChI is InChI=1S/C10H12N2OS/c1-8(3-5-13)14-10-7-12-4-2-9(10)6-11/h2,4,7-8,13H,3,5H2,1H3. The molecule has 1 atom stereocenters. The molecule has 1 heterocycles. The summed E-state index contributed by atoms with van der Waals surface area (Å²) in [4.78, 5) is 4.86. The molecule has 0 aliphatic rings. The molecule has 0 aromatic carbocycles. The van der Waals surface area contributed by atoms with Gasteiger partial charge in [0.25, 0.3) is 0 Å². The number of hydrogen-bond acceptors (Lipinski definition) is 4. The summed E-state index contributed by atoms with van der Waals surface area (Å²) < 4.78 is 0. The van der Waals surface area contributed by atoms with Gasteiger partial charge in [-0.3, -0.25) is 4.98 Å². The Balaban J connectivity index is 2.71. The molecule has 0 radical (unpaired) electrons. The van der Waals surface area contributed by atoms with Crippen LogP contribution in [0.1, 0.15) is 18.9 Å². The van der Waals surface area contributed by atoms with Gasteiger partial charge in [-0.2, -0.15) is 5.26 Å². The predicted molar refractivity (Wildman–Crippen MR) is 56.0 cm³/mol. The third-order valence-corrected chi connectivity index (χ3v) is 2.99. The van der Waals surface area contributed by atoms with E-state index in [2.05, 4.69) is 11.1 Å².